The number of aliphatic hydroxyl groups excluding tert-OH is 1. The molecule has 4 nitrogen and oxygen atoms in total. The number of aliphatic hydroxyl groups is 1. The SMILES string of the molecule is COCC1CCN(CC(O)COC(C)C)CC1. The molecule has 1 aliphatic heterocycles. The Balaban J connectivity index is 2.12. The highest BCUT2D eigenvalue weighted by Gasteiger charge is 2.20. The Kier molecular flexibility index (Phi) is 7.04. The summed E-state index contributed by atoms with van der Waals surface area (Å²) in [6.07, 6.45) is 2.17. The lowest BCUT2D eigenvalue weighted by Crippen LogP contribution is -2.41. The van der Waals surface area contributed by atoms with Gasteiger partial charge in [-0.3, -0.25) is 0 Å². The van der Waals surface area contributed by atoms with Crippen molar-refractivity contribution in [3.8, 4) is 0 Å². The van der Waals surface area contributed by atoms with Gasteiger partial charge in [-0.2, -0.15) is 0 Å². The van der Waals surface area contributed by atoms with E-state index in [4.69, 9.17) is 9.47 Å². The van der Waals surface area contributed by atoms with Gasteiger partial charge in [0.05, 0.1) is 18.8 Å². The zero-order valence-corrected chi connectivity index (χ0v) is 11.4. The number of hydrogen-bond acceptors (Lipinski definition) is 4. The normalized spacial score (nSPS) is 21.0. The zero-order chi connectivity index (χ0) is 12.7. The Labute approximate surface area is 105 Å². The highest BCUT2D eigenvalue weighted by Crippen LogP contribution is 2.17. The summed E-state index contributed by atoms with van der Waals surface area (Å²) in [6, 6.07) is 0. The first-order chi connectivity index (χ1) is 8.11. The lowest BCUT2D eigenvalue weighted by atomic mass is 9.97. The number of likely N-dealkylation sites (tertiary alicyclic amines) is 1. The zero-order valence-electron chi connectivity index (χ0n) is 11.4. The third-order valence-electron chi connectivity index (χ3n) is 3.20. The van der Waals surface area contributed by atoms with E-state index < -0.39 is 0 Å². The monoisotopic (exact) mass is 245 g/mol. The molecule has 1 rings (SSSR count). The number of methoxy groups -OCH3 is 1. The molecule has 0 amide bonds. The van der Waals surface area contributed by atoms with Gasteiger partial charge < -0.3 is 19.5 Å². The fourth-order valence-electron chi connectivity index (χ4n) is 2.23. The van der Waals surface area contributed by atoms with E-state index in [1.165, 1.54) is 12.8 Å². The summed E-state index contributed by atoms with van der Waals surface area (Å²) in [7, 11) is 1.76. The summed E-state index contributed by atoms with van der Waals surface area (Å²) in [6.45, 7) is 8.14. The van der Waals surface area contributed by atoms with Crippen LogP contribution in [-0.4, -0.2) is 62.2 Å². The van der Waals surface area contributed by atoms with Gasteiger partial charge >= 0.3 is 0 Å². The average Bonchev–Trinajstić information content (AvgIpc) is 2.29. The van der Waals surface area contributed by atoms with Crippen LogP contribution in [0.25, 0.3) is 0 Å². The highest BCUT2D eigenvalue weighted by molar-refractivity contribution is 4.74. The largest absolute Gasteiger partial charge is 0.389 e. The molecular weight excluding hydrogens is 218 g/mol. The van der Waals surface area contributed by atoms with Gasteiger partial charge in [-0.15, -0.1) is 0 Å². The van der Waals surface area contributed by atoms with Crippen LogP contribution in [0.15, 0.2) is 0 Å². The molecule has 1 N–H and O–H groups in total. The van der Waals surface area contributed by atoms with Crippen LogP contribution in [0.5, 0.6) is 0 Å². The predicted octanol–water partition coefficient (Wildman–Crippen LogP) is 1.13. The van der Waals surface area contributed by atoms with E-state index in [2.05, 4.69) is 4.90 Å². The highest BCUT2D eigenvalue weighted by atomic mass is 16.5. The third-order valence-corrected chi connectivity index (χ3v) is 3.20. The molecule has 1 heterocycles. The van der Waals surface area contributed by atoms with Gasteiger partial charge in [-0.05, 0) is 45.7 Å². The van der Waals surface area contributed by atoms with Crippen LogP contribution in [0.3, 0.4) is 0 Å². The molecule has 4 heteroatoms. The molecule has 0 aromatic rings. The van der Waals surface area contributed by atoms with Crippen molar-refractivity contribution in [3.63, 3.8) is 0 Å². The smallest absolute Gasteiger partial charge is 0.0900 e. The van der Waals surface area contributed by atoms with E-state index in [1.807, 2.05) is 13.8 Å². The van der Waals surface area contributed by atoms with E-state index in [1.54, 1.807) is 7.11 Å². The second-order valence-corrected chi connectivity index (χ2v) is 5.24. The van der Waals surface area contributed by atoms with Gasteiger partial charge in [0.25, 0.3) is 0 Å². The predicted molar refractivity (Wildman–Crippen MR) is 68.1 cm³/mol. The molecule has 102 valence electrons. The van der Waals surface area contributed by atoms with E-state index >= 15 is 0 Å². The minimum atomic E-state index is -0.364. The van der Waals surface area contributed by atoms with Gasteiger partial charge in [0.2, 0.25) is 0 Å². The van der Waals surface area contributed by atoms with Gasteiger partial charge in [0, 0.05) is 20.3 Å². The van der Waals surface area contributed by atoms with Crippen molar-refractivity contribution in [1.29, 1.82) is 0 Å². The number of rotatable bonds is 7. The summed E-state index contributed by atoms with van der Waals surface area (Å²) in [5.41, 5.74) is 0. The minimum absolute atomic E-state index is 0.192. The molecule has 1 aliphatic rings. The van der Waals surface area contributed by atoms with Crippen LogP contribution in [0, 0.1) is 5.92 Å². The van der Waals surface area contributed by atoms with Gasteiger partial charge in [-0.25, -0.2) is 0 Å². The van der Waals surface area contributed by atoms with Crippen LogP contribution >= 0.6 is 0 Å². The molecule has 1 saturated heterocycles. The fourth-order valence-corrected chi connectivity index (χ4v) is 2.23. The van der Waals surface area contributed by atoms with Crippen LogP contribution < -0.4 is 0 Å². The number of piperidine rings is 1. The Bertz CT molecular complexity index is 191. The van der Waals surface area contributed by atoms with Crippen LogP contribution in [0.1, 0.15) is 26.7 Å². The molecule has 1 atom stereocenters. The van der Waals surface area contributed by atoms with Gasteiger partial charge in [0.1, 0.15) is 0 Å². The van der Waals surface area contributed by atoms with Crippen molar-refractivity contribution < 1.29 is 14.6 Å². The van der Waals surface area contributed by atoms with Crippen molar-refractivity contribution in [1.82, 2.24) is 4.90 Å². The van der Waals surface area contributed by atoms with Crippen molar-refractivity contribution in [2.45, 2.75) is 38.9 Å². The Morgan fingerprint density at radius 3 is 2.47 bits per heavy atom. The summed E-state index contributed by atoms with van der Waals surface area (Å²) in [4.78, 5) is 2.32. The Morgan fingerprint density at radius 2 is 1.94 bits per heavy atom. The first-order valence-corrected chi connectivity index (χ1v) is 6.62. The molecule has 1 unspecified atom stereocenters. The number of ether oxygens (including phenoxy) is 2. The molecule has 0 aliphatic carbocycles. The first kappa shape index (κ1) is 14.9. The summed E-state index contributed by atoms with van der Waals surface area (Å²) in [5.74, 6) is 0.695. The second kappa shape index (κ2) is 8.03. The Hall–Kier alpha value is -0.160. The maximum atomic E-state index is 9.83. The van der Waals surface area contributed by atoms with Crippen LogP contribution in [0.2, 0.25) is 0 Å². The van der Waals surface area contributed by atoms with Gasteiger partial charge in [0.15, 0.2) is 0 Å². The van der Waals surface area contributed by atoms with E-state index in [0.29, 0.717) is 12.5 Å². The lowest BCUT2D eigenvalue weighted by Gasteiger charge is -2.32. The standard InChI is InChI=1S/C13H27NO3/c1-11(2)17-10-13(15)8-14-6-4-12(5-7-14)9-16-3/h11-13,15H,4-10H2,1-3H3. The number of hydrogen-bond donors (Lipinski definition) is 1. The van der Waals surface area contributed by atoms with E-state index in [-0.39, 0.29) is 12.2 Å². The number of nitrogens with zero attached hydrogens (tertiary/aromatic N) is 1. The topological polar surface area (TPSA) is 41.9 Å². The molecule has 17 heavy (non-hydrogen) atoms. The average molecular weight is 245 g/mol. The molecule has 0 radical (unpaired) electrons. The van der Waals surface area contributed by atoms with Crippen molar-refractivity contribution in [2.75, 3.05) is 40.0 Å². The summed E-state index contributed by atoms with van der Waals surface area (Å²) in [5, 5.41) is 9.83. The summed E-state index contributed by atoms with van der Waals surface area (Å²) >= 11 is 0. The maximum Gasteiger partial charge on any atom is 0.0900 e. The molecule has 0 bridgehead atoms. The fraction of sp³-hybridized carbons (Fsp3) is 1.00. The van der Waals surface area contributed by atoms with Crippen molar-refractivity contribution in [3.05, 3.63) is 0 Å². The first-order valence-electron chi connectivity index (χ1n) is 6.62. The molecule has 0 saturated carbocycles. The number of β-amino-alcohol motifs (C(OH)–C–C–N with tert-alkyl or cyclic N) is 1. The second-order valence-electron chi connectivity index (χ2n) is 5.24. The molecule has 0 aromatic heterocycles. The van der Waals surface area contributed by atoms with E-state index in [0.717, 1.165) is 26.2 Å². The molecule has 0 aromatic carbocycles. The van der Waals surface area contributed by atoms with Crippen molar-refractivity contribution in [2.24, 2.45) is 5.92 Å². The van der Waals surface area contributed by atoms with Crippen LogP contribution in [-0.2, 0) is 9.47 Å². The summed E-state index contributed by atoms with van der Waals surface area (Å²) < 4.78 is 10.6. The van der Waals surface area contributed by atoms with Crippen molar-refractivity contribution >= 4 is 0 Å². The van der Waals surface area contributed by atoms with Gasteiger partial charge in [-0.1, -0.05) is 0 Å². The maximum absolute atomic E-state index is 9.83. The minimum Gasteiger partial charge on any atom is -0.389 e. The third kappa shape index (κ3) is 6.36. The molecule has 1 fully saturated rings. The lowest BCUT2D eigenvalue weighted by molar-refractivity contribution is -0.0143. The molecular formula is C13H27NO3. The van der Waals surface area contributed by atoms with Crippen LogP contribution in [0.4, 0.5) is 0 Å². The van der Waals surface area contributed by atoms with E-state index in [9.17, 15) is 5.11 Å². The Morgan fingerprint density at radius 1 is 1.29 bits per heavy atom. The molecule has 0 spiro atoms. The quantitative estimate of drug-likeness (QED) is 0.730.